The molecule has 14 heteroatoms. The summed E-state index contributed by atoms with van der Waals surface area (Å²) < 4.78 is 163. The maximum absolute atomic E-state index is 12.9. The van der Waals surface area contributed by atoms with E-state index in [2.05, 4.69) is 0 Å². The number of hydrogen-bond donors (Lipinski definition) is 0. The monoisotopic (exact) mass is 378 g/mol. The van der Waals surface area contributed by atoms with Crippen molar-refractivity contribution < 1.29 is 56.2 Å². The fourth-order valence-corrected chi connectivity index (χ4v) is 1.76. The molecular formula is C8H7F13Si. The molecule has 0 bridgehead atoms. The van der Waals surface area contributed by atoms with E-state index in [1.807, 2.05) is 0 Å². The standard InChI is InChI=1S/C8H7F13Si/c1-4(9,10)6(13,14)8(17,18)7(15,16)5(11,12)2-3-22(19,20)21/h2-3H2,1H3. The van der Waals surface area contributed by atoms with Gasteiger partial charge in [-0.2, -0.15) is 43.9 Å². The number of alkyl halides is 10. The number of hydrogen-bond acceptors (Lipinski definition) is 0. The molecule has 0 fully saturated rings. The van der Waals surface area contributed by atoms with Crippen molar-refractivity contribution >= 4 is 9.08 Å². The van der Waals surface area contributed by atoms with Gasteiger partial charge in [0.1, 0.15) is 0 Å². The van der Waals surface area contributed by atoms with Crippen LogP contribution in [0.2, 0.25) is 6.04 Å². The average molecular weight is 378 g/mol. The molecule has 0 atom stereocenters. The molecule has 0 nitrogen and oxygen atoms in total. The molecule has 0 aliphatic rings. The first-order valence-electron chi connectivity index (χ1n) is 5.16. The normalized spacial score (nSPS) is 16.1. The van der Waals surface area contributed by atoms with Gasteiger partial charge in [-0.25, -0.2) is 12.3 Å². The average Bonchev–Trinajstić information content (AvgIpc) is 2.23. The summed E-state index contributed by atoms with van der Waals surface area (Å²) >= 11 is 0. The van der Waals surface area contributed by atoms with Crippen molar-refractivity contribution in [3.8, 4) is 0 Å². The van der Waals surface area contributed by atoms with Crippen LogP contribution >= 0.6 is 0 Å². The number of halogens is 13. The predicted molar refractivity (Wildman–Crippen MR) is 48.9 cm³/mol. The van der Waals surface area contributed by atoms with Crippen molar-refractivity contribution in [2.45, 2.75) is 49.0 Å². The minimum atomic E-state index is -7.28. The first kappa shape index (κ1) is 21.3. The van der Waals surface area contributed by atoms with E-state index in [1.165, 1.54) is 0 Å². The molecule has 0 radical (unpaired) electrons. The molecule has 0 unspecified atom stereocenters. The van der Waals surface area contributed by atoms with Crippen LogP contribution in [0.25, 0.3) is 0 Å². The molecule has 0 aliphatic carbocycles. The van der Waals surface area contributed by atoms with E-state index in [9.17, 15) is 56.2 Å². The summed E-state index contributed by atoms with van der Waals surface area (Å²) in [5.74, 6) is -33.4. The lowest BCUT2D eigenvalue weighted by Crippen LogP contribution is -2.66. The van der Waals surface area contributed by atoms with Crippen molar-refractivity contribution in [3.05, 3.63) is 0 Å². The van der Waals surface area contributed by atoms with Gasteiger partial charge in [0.2, 0.25) is 0 Å². The van der Waals surface area contributed by atoms with Gasteiger partial charge in [0, 0.05) is 19.4 Å². The van der Waals surface area contributed by atoms with Crippen LogP contribution in [-0.4, -0.2) is 38.7 Å². The second-order valence-electron chi connectivity index (χ2n) is 4.43. The van der Waals surface area contributed by atoms with Crippen LogP contribution in [0.1, 0.15) is 13.3 Å². The zero-order valence-electron chi connectivity index (χ0n) is 10.3. The van der Waals surface area contributed by atoms with E-state index in [1.54, 1.807) is 0 Å². The topological polar surface area (TPSA) is 0 Å². The molecule has 0 spiro atoms. The SMILES string of the molecule is CC(F)(F)C(F)(F)C(F)(F)C(F)(F)C(F)(F)CC[Si](F)(F)F. The summed E-state index contributed by atoms with van der Waals surface area (Å²) in [6.07, 6.45) is -2.92. The highest BCUT2D eigenvalue weighted by Gasteiger charge is 2.85. The Bertz CT molecular complexity index is 390. The molecule has 0 amide bonds. The van der Waals surface area contributed by atoms with Gasteiger partial charge in [-0.05, 0) is 0 Å². The van der Waals surface area contributed by atoms with Crippen LogP contribution < -0.4 is 0 Å². The second-order valence-corrected chi connectivity index (χ2v) is 6.16. The molecule has 0 rings (SSSR count). The van der Waals surface area contributed by atoms with Gasteiger partial charge >= 0.3 is 38.7 Å². The molecule has 0 aromatic rings. The van der Waals surface area contributed by atoms with Crippen molar-refractivity contribution in [1.82, 2.24) is 0 Å². The Hall–Kier alpha value is -0.693. The third-order valence-corrected chi connectivity index (χ3v) is 3.34. The quantitative estimate of drug-likeness (QED) is 0.315. The molecule has 0 saturated heterocycles. The van der Waals surface area contributed by atoms with Gasteiger partial charge in [-0.3, -0.25) is 0 Å². The molecule has 0 N–H and O–H groups in total. The van der Waals surface area contributed by atoms with Crippen LogP contribution in [0.5, 0.6) is 0 Å². The highest BCUT2D eigenvalue weighted by Crippen LogP contribution is 2.57. The molecule has 0 heterocycles. The van der Waals surface area contributed by atoms with Gasteiger partial charge in [-0.1, -0.05) is 0 Å². The lowest BCUT2D eigenvalue weighted by molar-refractivity contribution is -0.399. The summed E-state index contributed by atoms with van der Waals surface area (Å²) in [6, 6.07) is -2.57. The highest BCUT2D eigenvalue weighted by atomic mass is 28.5. The Kier molecular flexibility index (Phi) is 5.27. The molecule has 134 valence electrons. The van der Waals surface area contributed by atoms with Crippen molar-refractivity contribution in [1.29, 1.82) is 0 Å². The van der Waals surface area contributed by atoms with Crippen LogP contribution in [0.15, 0.2) is 0 Å². The van der Waals surface area contributed by atoms with E-state index in [0.717, 1.165) is 0 Å². The van der Waals surface area contributed by atoms with Gasteiger partial charge in [0.25, 0.3) is 0 Å². The maximum Gasteiger partial charge on any atom is 0.616 e. The van der Waals surface area contributed by atoms with Gasteiger partial charge in [0.15, 0.2) is 0 Å². The van der Waals surface area contributed by atoms with Crippen molar-refractivity contribution in [3.63, 3.8) is 0 Å². The lowest BCUT2D eigenvalue weighted by atomic mass is 9.94. The Morgan fingerprint density at radius 2 is 1.00 bits per heavy atom. The summed E-state index contributed by atoms with van der Waals surface area (Å²) in [7, 11) is -6.88. The summed E-state index contributed by atoms with van der Waals surface area (Å²) in [5, 5.41) is 0. The molecule has 0 aromatic heterocycles. The first-order chi connectivity index (χ1) is 9.21. The van der Waals surface area contributed by atoms with Crippen molar-refractivity contribution in [2.24, 2.45) is 0 Å². The Labute approximate surface area is 115 Å². The first-order valence-corrected chi connectivity index (χ1v) is 7.00. The molecule has 0 aliphatic heterocycles. The van der Waals surface area contributed by atoms with Crippen LogP contribution in [0.4, 0.5) is 56.2 Å². The zero-order chi connectivity index (χ0) is 18.4. The fraction of sp³-hybridized carbons (Fsp3) is 1.00. The predicted octanol–water partition coefficient (Wildman–Crippen LogP) is 5.42. The minimum absolute atomic E-state index is 0.919. The number of rotatable bonds is 7. The van der Waals surface area contributed by atoms with E-state index in [-0.39, 0.29) is 0 Å². The third-order valence-electron chi connectivity index (χ3n) is 2.52. The fourth-order valence-electron chi connectivity index (χ4n) is 1.16. The smallest absolute Gasteiger partial charge is 0.238 e. The van der Waals surface area contributed by atoms with Crippen molar-refractivity contribution in [2.75, 3.05) is 0 Å². The van der Waals surface area contributed by atoms with Crippen LogP contribution in [-0.2, 0) is 0 Å². The highest BCUT2D eigenvalue weighted by molar-refractivity contribution is 6.58. The third kappa shape index (κ3) is 3.62. The Morgan fingerprint density at radius 1 is 0.636 bits per heavy atom. The summed E-state index contributed by atoms with van der Waals surface area (Å²) in [4.78, 5) is 0. The zero-order valence-corrected chi connectivity index (χ0v) is 11.3. The van der Waals surface area contributed by atoms with Gasteiger partial charge < -0.3 is 0 Å². The maximum atomic E-state index is 12.9. The lowest BCUT2D eigenvalue weighted by Gasteiger charge is -2.38. The van der Waals surface area contributed by atoms with Gasteiger partial charge in [0.05, 0.1) is 0 Å². The Morgan fingerprint density at radius 3 is 1.27 bits per heavy atom. The Balaban J connectivity index is 5.69. The van der Waals surface area contributed by atoms with E-state index in [0.29, 0.717) is 0 Å². The summed E-state index contributed by atoms with van der Waals surface area (Å²) in [5.41, 5.74) is 0. The molecule has 0 aromatic carbocycles. The minimum Gasteiger partial charge on any atom is -0.238 e. The summed E-state index contributed by atoms with van der Waals surface area (Å²) in [6.45, 7) is -0.919. The molecule has 0 saturated carbocycles. The van der Waals surface area contributed by atoms with E-state index >= 15 is 0 Å². The van der Waals surface area contributed by atoms with E-state index < -0.39 is 58.1 Å². The van der Waals surface area contributed by atoms with Crippen LogP contribution in [0, 0.1) is 0 Å². The second kappa shape index (κ2) is 5.44. The molecular weight excluding hydrogens is 371 g/mol. The van der Waals surface area contributed by atoms with Gasteiger partial charge in [-0.15, -0.1) is 0 Å². The van der Waals surface area contributed by atoms with E-state index in [4.69, 9.17) is 0 Å². The largest absolute Gasteiger partial charge is 0.616 e. The van der Waals surface area contributed by atoms with Crippen LogP contribution in [0.3, 0.4) is 0 Å². The molecule has 22 heavy (non-hydrogen) atoms.